The van der Waals surface area contributed by atoms with Crippen molar-refractivity contribution in [3.8, 4) is 0 Å². The van der Waals surface area contributed by atoms with Gasteiger partial charge in [-0.1, -0.05) is 35.9 Å². The molecule has 0 saturated carbocycles. The SMILES string of the molecule is Cc1ccc(NC(=O)N2CCc3ccccc32)c(C)c1. The molecule has 3 nitrogen and oxygen atoms in total. The molecule has 0 saturated heterocycles. The molecule has 2 aromatic carbocycles. The fraction of sp³-hybridized carbons (Fsp3) is 0.235. The minimum Gasteiger partial charge on any atom is -0.307 e. The molecule has 0 aliphatic carbocycles. The quantitative estimate of drug-likeness (QED) is 0.834. The molecule has 1 N–H and O–H groups in total. The van der Waals surface area contributed by atoms with Crippen LogP contribution < -0.4 is 10.2 Å². The first-order chi connectivity index (χ1) is 9.65. The van der Waals surface area contributed by atoms with E-state index in [-0.39, 0.29) is 6.03 Å². The van der Waals surface area contributed by atoms with Gasteiger partial charge < -0.3 is 5.32 Å². The summed E-state index contributed by atoms with van der Waals surface area (Å²) in [4.78, 5) is 14.2. The summed E-state index contributed by atoms with van der Waals surface area (Å²) in [5.41, 5.74) is 5.43. The Morgan fingerprint density at radius 2 is 1.95 bits per heavy atom. The number of carbonyl (C=O) groups excluding carboxylic acids is 1. The highest BCUT2D eigenvalue weighted by molar-refractivity contribution is 6.03. The van der Waals surface area contributed by atoms with E-state index in [9.17, 15) is 4.79 Å². The summed E-state index contributed by atoms with van der Waals surface area (Å²) in [6.07, 6.45) is 0.927. The lowest BCUT2D eigenvalue weighted by Gasteiger charge is -2.19. The molecule has 2 aromatic rings. The van der Waals surface area contributed by atoms with E-state index in [0.717, 1.165) is 29.9 Å². The van der Waals surface area contributed by atoms with Crippen LogP contribution >= 0.6 is 0 Å². The van der Waals surface area contributed by atoms with Crippen molar-refractivity contribution in [3.63, 3.8) is 0 Å². The first-order valence-electron chi connectivity index (χ1n) is 6.89. The van der Waals surface area contributed by atoms with Crippen molar-refractivity contribution in [1.29, 1.82) is 0 Å². The summed E-state index contributed by atoms with van der Waals surface area (Å²) in [5.74, 6) is 0. The molecule has 3 rings (SSSR count). The second-order valence-corrected chi connectivity index (χ2v) is 5.28. The minimum absolute atomic E-state index is 0.0538. The number of carbonyl (C=O) groups is 1. The number of rotatable bonds is 1. The van der Waals surface area contributed by atoms with E-state index in [2.05, 4.69) is 24.4 Å². The maximum Gasteiger partial charge on any atom is 0.326 e. The minimum atomic E-state index is -0.0538. The Hall–Kier alpha value is -2.29. The molecule has 1 heterocycles. The molecule has 0 radical (unpaired) electrons. The van der Waals surface area contributed by atoms with E-state index in [1.54, 1.807) is 0 Å². The first-order valence-corrected chi connectivity index (χ1v) is 6.89. The van der Waals surface area contributed by atoms with Gasteiger partial charge in [0.1, 0.15) is 0 Å². The van der Waals surface area contributed by atoms with Crippen LogP contribution in [0.4, 0.5) is 16.2 Å². The van der Waals surface area contributed by atoms with Crippen LogP contribution in [0.1, 0.15) is 16.7 Å². The Morgan fingerprint density at radius 1 is 1.15 bits per heavy atom. The van der Waals surface area contributed by atoms with Gasteiger partial charge in [0.25, 0.3) is 0 Å². The Labute approximate surface area is 119 Å². The van der Waals surface area contributed by atoms with Gasteiger partial charge in [-0.2, -0.15) is 0 Å². The summed E-state index contributed by atoms with van der Waals surface area (Å²) < 4.78 is 0. The van der Waals surface area contributed by atoms with Crippen molar-refractivity contribution >= 4 is 17.4 Å². The molecule has 0 fully saturated rings. The maximum atomic E-state index is 12.4. The largest absolute Gasteiger partial charge is 0.326 e. The first kappa shape index (κ1) is 12.7. The van der Waals surface area contributed by atoms with Crippen LogP contribution in [0.15, 0.2) is 42.5 Å². The number of hydrogen-bond donors (Lipinski definition) is 1. The van der Waals surface area contributed by atoms with Crippen molar-refractivity contribution in [3.05, 3.63) is 59.2 Å². The number of urea groups is 1. The Kier molecular flexibility index (Phi) is 3.18. The molecule has 0 atom stereocenters. The fourth-order valence-corrected chi connectivity index (χ4v) is 2.69. The maximum absolute atomic E-state index is 12.4. The normalized spacial score (nSPS) is 13.2. The lowest BCUT2D eigenvalue weighted by molar-refractivity contribution is 0.257. The molecule has 0 bridgehead atoms. The molecule has 20 heavy (non-hydrogen) atoms. The van der Waals surface area contributed by atoms with Crippen LogP contribution in [0.3, 0.4) is 0 Å². The molecule has 0 spiro atoms. The van der Waals surface area contributed by atoms with Crippen LogP contribution in [-0.2, 0) is 6.42 Å². The number of aryl methyl sites for hydroxylation is 2. The molecular formula is C17H18N2O. The van der Waals surface area contributed by atoms with Gasteiger partial charge in [-0.3, -0.25) is 4.90 Å². The summed E-state index contributed by atoms with van der Waals surface area (Å²) in [5, 5.41) is 3.01. The van der Waals surface area contributed by atoms with Gasteiger partial charge in [-0.15, -0.1) is 0 Å². The average Bonchev–Trinajstić information content (AvgIpc) is 2.86. The highest BCUT2D eigenvalue weighted by Gasteiger charge is 2.24. The molecule has 3 heteroatoms. The van der Waals surface area contributed by atoms with E-state index >= 15 is 0 Å². The highest BCUT2D eigenvalue weighted by atomic mass is 16.2. The monoisotopic (exact) mass is 266 g/mol. The van der Waals surface area contributed by atoms with Crippen LogP contribution in [0.5, 0.6) is 0 Å². The molecular weight excluding hydrogens is 248 g/mol. The van der Waals surface area contributed by atoms with Crippen molar-refractivity contribution in [2.75, 3.05) is 16.8 Å². The topological polar surface area (TPSA) is 32.3 Å². The third kappa shape index (κ3) is 2.27. The second kappa shape index (κ2) is 5.00. The smallest absolute Gasteiger partial charge is 0.307 e. The zero-order valence-corrected chi connectivity index (χ0v) is 11.8. The van der Waals surface area contributed by atoms with Gasteiger partial charge in [0.15, 0.2) is 0 Å². The average molecular weight is 266 g/mol. The second-order valence-electron chi connectivity index (χ2n) is 5.28. The zero-order valence-electron chi connectivity index (χ0n) is 11.8. The number of nitrogens with zero attached hydrogens (tertiary/aromatic N) is 1. The summed E-state index contributed by atoms with van der Waals surface area (Å²) in [7, 11) is 0. The summed E-state index contributed by atoms with van der Waals surface area (Å²) in [6.45, 7) is 4.81. The molecule has 1 aliphatic rings. The lowest BCUT2D eigenvalue weighted by atomic mass is 10.1. The van der Waals surface area contributed by atoms with E-state index in [4.69, 9.17) is 0 Å². The predicted molar refractivity (Wildman–Crippen MR) is 82.4 cm³/mol. The molecule has 102 valence electrons. The number of nitrogens with one attached hydrogen (secondary N) is 1. The number of benzene rings is 2. The van der Waals surface area contributed by atoms with Crippen LogP contribution in [0.25, 0.3) is 0 Å². The number of fused-ring (bicyclic) bond motifs is 1. The van der Waals surface area contributed by atoms with Gasteiger partial charge >= 0.3 is 6.03 Å². The molecule has 2 amide bonds. The Bertz CT molecular complexity index is 664. The molecule has 0 unspecified atom stereocenters. The van der Waals surface area contributed by atoms with Crippen LogP contribution in [0, 0.1) is 13.8 Å². The lowest BCUT2D eigenvalue weighted by Crippen LogP contribution is -2.33. The Morgan fingerprint density at radius 3 is 2.75 bits per heavy atom. The van der Waals surface area contributed by atoms with E-state index < -0.39 is 0 Å². The van der Waals surface area contributed by atoms with Crippen molar-refractivity contribution < 1.29 is 4.79 Å². The van der Waals surface area contributed by atoms with Gasteiger partial charge in [0, 0.05) is 17.9 Å². The molecule has 1 aliphatic heterocycles. The van der Waals surface area contributed by atoms with E-state index in [1.165, 1.54) is 11.1 Å². The van der Waals surface area contributed by atoms with Crippen LogP contribution in [0.2, 0.25) is 0 Å². The van der Waals surface area contributed by atoms with Crippen molar-refractivity contribution in [1.82, 2.24) is 0 Å². The van der Waals surface area contributed by atoms with Gasteiger partial charge in [0.05, 0.1) is 0 Å². The van der Waals surface area contributed by atoms with Crippen LogP contribution in [-0.4, -0.2) is 12.6 Å². The summed E-state index contributed by atoms with van der Waals surface area (Å²) >= 11 is 0. The van der Waals surface area contributed by atoms with Gasteiger partial charge in [-0.25, -0.2) is 4.79 Å². The third-order valence-electron chi connectivity index (χ3n) is 3.76. The Balaban J connectivity index is 1.81. The number of hydrogen-bond acceptors (Lipinski definition) is 1. The highest BCUT2D eigenvalue weighted by Crippen LogP contribution is 2.28. The standard InChI is InChI=1S/C17H18N2O/c1-12-7-8-15(13(2)11-12)18-17(20)19-10-9-14-5-3-4-6-16(14)19/h3-8,11H,9-10H2,1-2H3,(H,18,20). The van der Waals surface area contributed by atoms with Gasteiger partial charge in [0.2, 0.25) is 0 Å². The number of amides is 2. The zero-order chi connectivity index (χ0) is 14.1. The third-order valence-corrected chi connectivity index (χ3v) is 3.76. The van der Waals surface area contributed by atoms with E-state index in [0.29, 0.717) is 0 Å². The van der Waals surface area contributed by atoms with Gasteiger partial charge in [-0.05, 0) is 43.5 Å². The molecule has 0 aromatic heterocycles. The summed E-state index contributed by atoms with van der Waals surface area (Å²) in [6, 6.07) is 14.1. The van der Waals surface area contributed by atoms with E-state index in [1.807, 2.05) is 42.2 Å². The predicted octanol–water partition coefficient (Wildman–Crippen LogP) is 3.90. The van der Waals surface area contributed by atoms with Crippen molar-refractivity contribution in [2.45, 2.75) is 20.3 Å². The number of para-hydroxylation sites is 1. The van der Waals surface area contributed by atoms with Crippen molar-refractivity contribution in [2.24, 2.45) is 0 Å². The number of anilines is 2. The fourth-order valence-electron chi connectivity index (χ4n) is 2.69.